The summed E-state index contributed by atoms with van der Waals surface area (Å²) in [6, 6.07) is 10.2. The third kappa shape index (κ3) is 4.12. The number of sulfonamides is 1. The number of nitrogens with zero attached hydrogens (tertiary/aromatic N) is 1. The minimum Gasteiger partial charge on any atom is -0.329 e. The molecular weight excluding hydrogens is 302 g/mol. The Balaban J connectivity index is 2.09. The number of anilines is 1. The van der Waals surface area contributed by atoms with Crippen LogP contribution in [0.5, 0.6) is 0 Å². The number of rotatable bonds is 7. The lowest BCUT2D eigenvalue weighted by molar-refractivity contribution is -0.105. The van der Waals surface area contributed by atoms with Gasteiger partial charge in [-0.3, -0.25) is 9.78 Å². The van der Waals surface area contributed by atoms with Gasteiger partial charge < -0.3 is 5.32 Å². The summed E-state index contributed by atoms with van der Waals surface area (Å²) in [7, 11) is -3.64. The number of aromatic nitrogens is 1. The Labute approximate surface area is 129 Å². The van der Waals surface area contributed by atoms with E-state index in [1.807, 2.05) is 18.2 Å². The van der Waals surface area contributed by atoms with Gasteiger partial charge in [0.2, 0.25) is 16.4 Å². The van der Waals surface area contributed by atoms with Crippen molar-refractivity contribution in [3.8, 4) is 0 Å². The second-order valence-electron chi connectivity index (χ2n) is 4.71. The molecule has 1 heterocycles. The molecule has 1 aromatic carbocycles. The third-order valence-electron chi connectivity index (χ3n) is 3.10. The van der Waals surface area contributed by atoms with Gasteiger partial charge in [0.05, 0.1) is 4.90 Å². The van der Waals surface area contributed by atoms with Crippen LogP contribution < -0.4 is 10.0 Å². The summed E-state index contributed by atoms with van der Waals surface area (Å²) in [6.45, 7) is 1.96. The molecule has 0 saturated heterocycles. The maximum absolute atomic E-state index is 12.4. The van der Waals surface area contributed by atoms with Crippen LogP contribution in [0, 0.1) is 6.92 Å². The molecular formula is C15H17N3O3S. The number of carbonyl (C=O) groups excluding carboxylic acids is 1. The van der Waals surface area contributed by atoms with Gasteiger partial charge in [0.25, 0.3) is 0 Å². The Bertz CT molecular complexity index is 746. The second kappa shape index (κ2) is 7.15. The van der Waals surface area contributed by atoms with E-state index in [-0.39, 0.29) is 11.4 Å². The number of amides is 1. The van der Waals surface area contributed by atoms with E-state index < -0.39 is 10.0 Å². The number of hydrogen-bond donors (Lipinski definition) is 2. The van der Waals surface area contributed by atoms with Crippen LogP contribution in [0.1, 0.15) is 11.3 Å². The van der Waals surface area contributed by atoms with E-state index in [0.29, 0.717) is 24.1 Å². The summed E-state index contributed by atoms with van der Waals surface area (Å²) in [5.41, 5.74) is 1.87. The van der Waals surface area contributed by atoms with E-state index in [0.717, 1.165) is 5.69 Å². The number of carbonyl (C=O) groups is 1. The first-order valence-electron chi connectivity index (χ1n) is 6.73. The fourth-order valence-corrected chi connectivity index (χ4v) is 3.28. The molecule has 1 amide bonds. The summed E-state index contributed by atoms with van der Waals surface area (Å²) < 4.78 is 27.3. The molecule has 0 fully saturated rings. The van der Waals surface area contributed by atoms with Gasteiger partial charge in [0.1, 0.15) is 0 Å². The van der Waals surface area contributed by atoms with Gasteiger partial charge in [-0.25, -0.2) is 13.1 Å². The first kappa shape index (κ1) is 16.1. The molecule has 0 radical (unpaired) electrons. The predicted octanol–water partition coefficient (Wildman–Crippen LogP) is 1.48. The zero-order chi connectivity index (χ0) is 16.0. The Kier molecular flexibility index (Phi) is 5.24. The normalized spacial score (nSPS) is 11.1. The molecule has 0 spiro atoms. The molecule has 2 N–H and O–H groups in total. The smallest absolute Gasteiger partial charge is 0.240 e. The van der Waals surface area contributed by atoms with Crippen molar-refractivity contribution in [2.24, 2.45) is 0 Å². The molecule has 0 atom stereocenters. The van der Waals surface area contributed by atoms with Crippen LogP contribution in [0.2, 0.25) is 0 Å². The maximum atomic E-state index is 12.4. The number of aryl methyl sites for hydroxylation is 1. The fourth-order valence-electron chi connectivity index (χ4n) is 1.98. The van der Waals surface area contributed by atoms with Crippen molar-refractivity contribution >= 4 is 22.1 Å². The Hall–Kier alpha value is -2.25. The van der Waals surface area contributed by atoms with Crippen LogP contribution in [-0.2, 0) is 21.2 Å². The molecule has 0 saturated carbocycles. The van der Waals surface area contributed by atoms with E-state index in [9.17, 15) is 13.2 Å². The first-order valence-corrected chi connectivity index (χ1v) is 8.21. The monoisotopic (exact) mass is 319 g/mol. The second-order valence-corrected chi connectivity index (χ2v) is 6.45. The number of hydrogen-bond acceptors (Lipinski definition) is 4. The van der Waals surface area contributed by atoms with Crippen LogP contribution in [0.15, 0.2) is 47.5 Å². The van der Waals surface area contributed by atoms with E-state index in [1.165, 1.54) is 6.07 Å². The van der Waals surface area contributed by atoms with Crippen molar-refractivity contribution in [3.63, 3.8) is 0 Å². The highest BCUT2D eigenvalue weighted by Gasteiger charge is 2.17. The minimum absolute atomic E-state index is 0.153. The van der Waals surface area contributed by atoms with Crippen molar-refractivity contribution in [2.45, 2.75) is 18.2 Å². The first-order chi connectivity index (χ1) is 10.5. The maximum Gasteiger partial charge on any atom is 0.240 e. The molecule has 2 rings (SSSR count). The summed E-state index contributed by atoms with van der Waals surface area (Å²) in [5, 5.41) is 2.45. The Morgan fingerprint density at radius 2 is 2.05 bits per heavy atom. The molecule has 22 heavy (non-hydrogen) atoms. The highest BCUT2D eigenvalue weighted by molar-refractivity contribution is 7.89. The van der Waals surface area contributed by atoms with Crippen molar-refractivity contribution in [1.29, 1.82) is 0 Å². The van der Waals surface area contributed by atoms with Gasteiger partial charge in [-0.2, -0.15) is 0 Å². The zero-order valence-corrected chi connectivity index (χ0v) is 12.9. The lowest BCUT2D eigenvalue weighted by atomic mass is 10.2. The van der Waals surface area contributed by atoms with Gasteiger partial charge in [0.15, 0.2) is 0 Å². The summed E-state index contributed by atoms with van der Waals surface area (Å²) >= 11 is 0. The van der Waals surface area contributed by atoms with E-state index in [2.05, 4.69) is 15.0 Å². The molecule has 0 aliphatic heterocycles. The quantitative estimate of drug-likeness (QED) is 0.757. The molecule has 1 aromatic heterocycles. The van der Waals surface area contributed by atoms with Crippen LogP contribution in [0.3, 0.4) is 0 Å². The van der Waals surface area contributed by atoms with E-state index in [4.69, 9.17) is 0 Å². The standard InChI is InChI=1S/C15H17N3O3S/c1-12-5-6-14(17-11-19)10-15(12)22(20,21)18-9-7-13-4-2-3-8-16-13/h2-6,8,10-11,18H,7,9H2,1H3,(H,17,19). The molecule has 7 heteroatoms. The van der Waals surface area contributed by atoms with E-state index in [1.54, 1.807) is 25.3 Å². The van der Waals surface area contributed by atoms with Crippen molar-refractivity contribution in [1.82, 2.24) is 9.71 Å². The molecule has 6 nitrogen and oxygen atoms in total. The van der Waals surface area contributed by atoms with Crippen LogP contribution in [-0.4, -0.2) is 26.4 Å². The number of nitrogens with one attached hydrogen (secondary N) is 2. The van der Waals surface area contributed by atoms with Gasteiger partial charge >= 0.3 is 0 Å². The molecule has 2 aromatic rings. The summed E-state index contributed by atoms with van der Waals surface area (Å²) in [4.78, 5) is 14.8. The van der Waals surface area contributed by atoms with Gasteiger partial charge in [-0.1, -0.05) is 12.1 Å². The SMILES string of the molecule is Cc1ccc(NC=O)cc1S(=O)(=O)NCCc1ccccn1. The van der Waals surface area contributed by atoms with Crippen LogP contribution in [0.4, 0.5) is 5.69 Å². The number of benzene rings is 1. The van der Waals surface area contributed by atoms with E-state index >= 15 is 0 Å². The lowest BCUT2D eigenvalue weighted by Crippen LogP contribution is -2.27. The molecule has 0 aliphatic rings. The topological polar surface area (TPSA) is 88.2 Å². The third-order valence-corrected chi connectivity index (χ3v) is 4.71. The molecule has 0 bridgehead atoms. The number of pyridine rings is 1. The van der Waals surface area contributed by atoms with Crippen LogP contribution >= 0.6 is 0 Å². The lowest BCUT2D eigenvalue weighted by Gasteiger charge is -2.10. The van der Waals surface area contributed by atoms with Gasteiger partial charge in [-0.15, -0.1) is 0 Å². The Morgan fingerprint density at radius 3 is 2.73 bits per heavy atom. The van der Waals surface area contributed by atoms with Gasteiger partial charge in [0, 0.05) is 30.5 Å². The van der Waals surface area contributed by atoms with Gasteiger partial charge in [-0.05, 0) is 36.8 Å². The fraction of sp³-hybridized carbons (Fsp3) is 0.200. The minimum atomic E-state index is -3.64. The van der Waals surface area contributed by atoms with Crippen molar-refractivity contribution in [2.75, 3.05) is 11.9 Å². The predicted molar refractivity (Wildman–Crippen MR) is 84.0 cm³/mol. The average molecular weight is 319 g/mol. The largest absolute Gasteiger partial charge is 0.329 e. The van der Waals surface area contributed by atoms with Crippen LogP contribution in [0.25, 0.3) is 0 Å². The average Bonchev–Trinajstić information content (AvgIpc) is 2.50. The molecule has 116 valence electrons. The van der Waals surface area contributed by atoms with Crippen molar-refractivity contribution in [3.05, 3.63) is 53.9 Å². The summed E-state index contributed by atoms with van der Waals surface area (Å²) in [6.07, 6.45) is 2.68. The highest BCUT2D eigenvalue weighted by atomic mass is 32.2. The zero-order valence-electron chi connectivity index (χ0n) is 12.1. The van der Waals surface area contributed by atoms with Crippen molar-refractivity contribution < 1.29 is 13.2 Å². The Morgan fingerprint density at radius 1 is 1.23 bits per heavy atom. The highest BCUT2D eigenvalue weighted by Crippen LogP contribution is 2.19. The summed E-state index contributed by atoms with van der Waals surface area (Å²) in [5.74, 6) is 0. The molecule has 0 aliphatic carbocycles. The molecule has 0 unspecified atom stereocenters.